The van der Waals surface area contributed by atoms with Crippen molar-refractivity contribution in [2.45, 2.75) is 25.5 Å². The Kier molecular flexibility index (Phi) is 7.97. The number of aliphatic hydroxyl groups is 1. The second-order valence-electron chi connectivity index (χ2n) is 7.93. The molecule has 6 nitrogen and oxygen atoms in total. The molecule has 2 aliphatic rings. The molecule has 1 aromatic rings. The number of benzene rings is 1. The summed E-state index contributed by atoms with van der Waals surface area (Å²) in [5, 5.41) is 13.4. The van der Waals surface area contributed by atoms with Crippen molar-refractivity contribution in [3.05, 3.63) is 59.2 Å². The molecular formula is C23H29F2N3O3S. The van der Waals surface area contributed by atoms with Gasteiger partial charge in [0.05, 0.1) is 11.6 Å². The number of carbonyl (C=O) groups excluding carboxylic acids is 1. The van der Waals surface area contributed by atoms with Gasteiger partial charge in [-0.15, -0.1) is 11.8 Å². The summed E-state index contributed by atoms with van der Waals surface area (Å²) in [6.45, 7) is 7.13. The van der Waals surface area contributed by atoms with Crippen LogP contribution in [0, 0.1) is 0 Å². The van der Waals surface area contributed by atoms with Crippen molar-refractivity contribution < 1.29 is 23.4 Å². The fraction of sp³-hybridized carbons (Fsp3) is 0.435. The maximum atomic E-state index is 13.0. The first kappa shape index (κ1) is 24.3. The first-order chi connectivity index (χ1) is 15.2. The van der Waals surface area contributed by atoms with Crippen molar-refractivity contribution in [1.82, 2.24) is 10.2 Å². The quantitative estimate of drug-likeness (QED) is 0.408. The van der Waals surface area contributed by atoms with Gasteiger partial charge in [-0.25, -0.2) is 0 Å². The van der Waals surface area contributed by atoms with Crippen molar-refractivity contribution in [3.63, 3.8) is 0 Å². The van der Waals surface area contributed by atoms with Crippen LogP contribution < -0.4 is 15.0 Å². The van der Waals surface area contributed by atoms with Gasteiger partial charge in [-0.05, 0) is 47.7 Å². The summed E-state index contributed by atoms with van der Waals surface area (Å²) in [7, 11) is 0. The average molecular weight is 466 g/mol. The van der Waals surface area contributed by atoms with Crippen LogP contribution >= 0.6 is 11.8 Å². The number of hydrogen-bond donors (Lipinski definition) is 2. The number of nitrogens with one attached hydrogen (secondary N) is 1. The molecule has 0 bridgehead atoms. The fourth-order valence-electron chi connectivity index (χ4n) is 3.96. The molecular weight excluding hydrogens is 436 g/mol. The van der Waals surface area contributed by atoms with Crippen LogP contribution in [0.3, 0.4) is 0 Å². The topological polar surface area (TPSA) is 65.0 Å². The second kappa shape index (κ2) is 10.5. The molecule has 2 N–H and O–H groups in total. The Bertz CT molecular complexity index is 879. The molecule has 1 unspecified atom stereocenters. The smallest absolute Gasteiger partial charge is 0.394 e. The number of thioether (sulfide) groups is 1. The zero-order valence-electron chi connectivity index (χ0n) is 18.3. The van der Waals surface area contributed by atoms with E-state index in [1.807, 2.05) is 6.26 Å². The summed E-state index contributed by atoms with van der Waals surface area (Å²) in [6.07, 6.45) is 2.23. The van der Waals surface area contributed by atoms with Crippen LogP contribution in [-0.2, 0) is 4.79 Å². The van der Waals surface area contributed by atoms with Gasteiger partial charge in [0.15, 0.2) is 0 Å². The maximum absolute atomic E-state index is 13.0. The van der Waals surface area contributed by atoms with Crippen molar-refractivity contribution >= 4 is 23.4 Å². The van der Waals surface area contributed by atoms with Crippen molar-refractivity contribution in [1.29, 1.82) is 0 Å². The number of allylic oxidation sites excluding steroid dienone is 2. The first-order valence-corrected chi connectivity index (χ1v) is 11.6. The van der Waals surface area contributed by atoms with Crippen LogP contribution in [0.25, 0.3) is 0 Å². The van der Waals surface area contributed by atoms with Gasteiger partial charge in [-0.2, -0.15) is 8.78 Å². The molecule has 0 aliphatic carbocycles. The normalized spacial score (nSPS) is 18.0. The number of aliphatic hydroxyl groups excluding tert-OH is 1. The van der Waals surface area contributed by atoms with Gasteiger partial charge in [0.25, 0.3) is 0 Å². The molecule has 9 heteroatoms. The SMILES string of the molecule is C=C/C=C(/NC(=O)CC(CO)N1CC2=C(CN(c3ccc(OC(C)(F)F)cc3)C2)C1)SC. The van der Waals surface area contributed by atoms with E-state index >= 15 is 0 Å². The minimum Gasteiger partial charge on any atom is -0.433 e. The van der Waals surface area contributed by atoms with E-state index in [0.29, 0.717) is 20.0 Å². The van der Waals surface area contributed by atoms with Gasteiger partial charge >= 0.3 is 6.11 Å². The largest absolute Gasteiger partial charge is 0.433 e. The Labute approximate surface area is 191 Å². The van der Waals surface area contributed by atoms with E-state index in [9.17, 15) is 18.7 Å². The number of hydrogen-bond acceptors (Lipinski definition) is 6. The Balaban J connectivity index is 1.53. The molecule has 0 radical (unpaired) electrons. The van der Waals surface area contributed by atoms with Gasteiger partial charge in [0.1, 0.15) is 5.75 Å². The second-order valence-corrected chi connectivity index (χ2v) is 8.78. The fourth-order valence-corrected chi connectivity index (χ4v) is 4.41. The molecule has 2 heterocycles. The number of carbonyl (C=O) groups is 1. The predicted molar refractivity (Wildman–Crippen MR) is 124 cm³/mol. The highest BCUT2D eigenvalue weighted by Crippen LogP contribution is 2.32. The Hall–Kier alpha value is -2.36. The van der Waals surface area contributed by atoms with E-state index in [-0.39, 0.29) is 30.7 Å². The standard InChI is InChI=1S/C23H29F2N3O3S/c1-4-5-22(32-3)26-21(30)10-19(15-29)28-13-16-11-27(12-17(16)14-28)18-6-8-20(9-7-18)31-23(2,24)25/h4-9,19,29H,1,10-15H2,2-3H3,(H,26,30)/b22-5-. The van der Waals surface area contributed by atoms with Crippen LogP contribution in [0.4, 0.5) is 14.5 Å². The lowest BCUT2D eigenvalue weighted by atomic mass is 10.1. The molecule has 0 saturated carbocycles. The highest BCUT2D eigenvalue weighted by atomic mass is 32.2. The third kappa shape index (κ3) is 6.34. The molecule has 0 saturated heterocycles. The maximum Gasteiger partial charge on any atom is 0.394 e. The van der Waals surface area contributed by atoms with Crippen LogP contribution in [0.15, 0.2) is 59.2 Å². The summed E-state index contributed by atoms with van der Waals surface area (Å²) in [5.41, 5.74) is 3.50. The van der Waals surface area contributed by atoms with Gasteiger partial charge < -0.3 is 20.1 Å². The molecule has 0 spiro atoms. The predicted octanol–water partition coefficient (Wildman–Crippen LogP) is 3.37. The van der Waals surface area contributed by atoms with E-state index in [2.05, 4.69) is 26.4 Å². The lowest BCUT2D eigenvalue weighted by Crippen LogP contribution is -2.42. The molecule has 1 atom stereocenters. The molecule has 32 heavy (non-hydrogen) atoms. The van der Waals surface area contributed by atoms with E-state index in [1.54, 1.807) is 36.4 Å². The summed E-state index contributed by atoms with van der Waals surface area (Å²) in [6, 6.07) is 6.40. The van der Waals surface area contributed by atoms with E-state index in [1.165, 1.54) is 22.9 Å². The Morgan fingerprint density at radius 3 is 2.41 bits per heavy atom. The third-order valence-electron chi connectivity index (χ3n) is 5.45. The number of anilines is 1. The molecule has 0 fully saturated rings. The minimum absolute atomic E-state index is 0.0962. The summed E-state index contributed by atoms with van der Waals surface area (Å²) < 4.78 is 30.6. The summed E-state index contributed by atoms with van der Waals surface area (Å²) in [5.74, 6) is -0.0103. The molecule has 174 valence electrons. The van der Waals surface area contributed by atoms with Gasteiger partial charge in [0, 0.05) is 51.3 Å². The highest BCUT2D eigenvalue weighted by Gasteiger charge is 2.34. The van der Waals surface area contributed by atoms with Gasteiger partial charge in [-0.1, -0.05) is 12.7 Å². The highest BCUT2D eigenvalue weighted by molar-refractivity contribution is 8.02. The zero-order valence-corrected chi connectivity index (χ0v) is 19.1. The lowest BCUT2D eigenvalue weighted by Gasteiger charge is -2.29. The summed E-state index contributed by atoms with van der Waals surface area (Å²) >= 11 is 1.43. The number of alkyl halides is 2. The third-order valence-corrected chi connectivity index (χ3v) is 6.13. The minimum atomic E-state index is -3.21. The number of rotatable bonds is 10. The molecule has 1 aromatic carbocycles. The van der Waals surface area contributed by atoms with E-state index < -0.39 is 6.11 Å². The van der Waals surface area contributed by atoms with Gasteiger partial charge in [-0.3, -0.25) is 9.69 Å². The average Bonchev–Trinajstić information content (AvgIpc) is 3.30. The van der Waals surface area contributed by atoms with Crippen molar-refractivity contribution in [2.24, 2.45) is 0 Å². The van der Waals surface area contributed by atoms with Crippen LogP contribution in [-0.4, -0.2) is 67.1 Å². The van der Waals surface area contributed by atoms with Crippen LogP contribution in [0.2, 0.25) is 0 Å². The molecule has 1 amide bonds. The van der Waals surface area contributed by atoms with Crippen molar-refractivity contribution in [3.8, 4) is 5.75 Å². The van der Waals surface area contributed by atoms with Gasteiger partial charge in [0.2, 0.25) is 5.91 Å². The van der Waals surface area contributed by atoms with Crippen LogP contribution in [0.1, 0.15) is 13.3 Å². The molecule has 0 aromatic heterocycles. The number of halogens is 2. The van der Waals surface area contributed by atoms with E-state index in [4.69, 9.17) is 0 Å². The lowest BCUT2D eigenvalue weighted by molar-refractivity contribution is -0.158. The Morgan fingerprint density at radius 1 is 1.28 bits per heavy atom. The summed E-state index contributed by atoms with van der Waals surface area (Å²) in [4.78, 5) is 16.7. The zero-order chi connectivity index (χ0) is 23.3. The van der Waals surface area contributed by atoms with Crippen molar-refractivity contribution in [2.75, 3.05) is 43.9 Å². The number of amides is 1. The van der Waals surface area contributed by atoms with E-state index in [0.717, 1.165) is 23.8 Å². The molecule has 3 rings (SSSR count). The van der Waals surface area contributed by atoms with Crippen LogP contribution in [0.5, 0.6) is 5.75 Å². The number of ether oxygens (including phenoxy) is 1. The monoisotopic (exact) mass is 465 g/mol. The number of nitrogens with zero attached hydrogens (tertiary/aromatic N) is 2. The Morgan fingerprint density at radius 2 is 1.91 bits per heavy atom. The first-order valence-electron chi connectivity index (χ1n) is 10.4. The molecule has 2 aliphatic heterocycles.